The van der Waals surface area contributed by atoms with Gasteiger partial charge in [0.2, 0.25) is 11.8 Å². The molecule has 8 heteroatoms. The molecule has 0 aliphatic carbocycles. The maximum absolute atomic E-state index is 10.6. The molecule has 0 fully saturated rings. The topological polar surface area (TPSA) is 96.9 Å². The Morgan fingerprint density at radius 3 is 1.81 bits per heavy atom. The summed E-state index contributed by atoms with van der Waals surface area (Å²) in [5.74, 6) is -0.855. The van der Waals surface area contributed by atoms with Crippen molar-refractivity contribution in [2.24, 2.45) is 0 Å². The zero-order valence-corrected chi connectivity index (χ0v) is 9.40. The largest absolute Gasteiger partial charge is 0.333 e. The van der Waals surface area contributed by atoms with E-state index in [1.165, 1.54) is 0 Å². The van der Waals surface area contributed by atoms with Crippen LogP contribution in [0.4, 0.5) is 0 Å². The van der Waals surface area contributed by atoms with Crippen molar-refractivity contribution in [3.8, 4) is 0 Å². The summed E-state index contributed by atoms with van der Waals surface area (Å²) in [6, 6.07) is 0. The van der Waals surface area contributed by atoms with Crippen LogP contribution in [0.15, 0.2) is 25.3 Å². The van der Waals surface area contributed by atoms with Crippen LogP contribution in [0.5, 0.6) is 0 Å². The molecule has 0 aromatic carbocycles. The Morgan fingerprint density at radius 2 is 1.50 bits per heavy atom. The number of amides is 2. The second kappa shape index (κ2) is 8.99. The number of carbonyl (C=O) groups is 2. The quantitative estimate of drug-likeness (QED) is 0.313. The van der Waals surface area contributed by atoms with Gasteiger partial charge in [0.25, 0.3) is 0 Å². The lowest BCUT2D eigenvalue weighted by molar-refractivity contribution is -0.117. The van der Waals surface area contributed by atoms with Crippen LogP contribution in [0, 0.1) is 0 Å². The van der Waals surface area contributed by atoms with Crippen molar-refractivity contribution >= 4 is 20.4 Å². The van der Waals surface area contributed by atoms with E-state index in [2.05, 4.69) is 32.8 Å². The van der Waals surface area contributed by atoms with Gasteiger partial charge in [-0.1, -0.05) is 13.2 Å². The van der Waals surface area contributed by atoms with Gasteiger partial charge >= 0.3 is 8.60 Å². The molecule has 7 nitrogen and oxygen atoms in total. The minimum atomic E-state index is -2.15. The Labute approximate surface area is 94.1 Å². The Balaban J connectivity index is 3.47. The maximum Gasteiger partial charge on any atom is 0.333 e. The van der Waals surface area contributed by atoms with Crippen molar-refractivity contribution in [2.75, 3.05) is 13.5 Å². The monoisotopic (exact) mass is 248 g/mol. The van der Waals surface area contributed by atoms with Crippen LogP contribution in [0.1, 0.15) is 0 Å². The van der Waals surface area contributed by atoms with Crippen molar-refractivity contribution in [1.82, 2.24) is 10.6 Å². The van der Waals surface area contributed by atoms with Crippen LogP contribution < -0.4 is 10.6 Å². The van der Waals surface area contributed by atoms with Gasteiger partial charge in [0.15, 0.2) is 0 Å². The average molecular weight is 248 g/mol. The Hall–Kier alpha value is -1.27. The third-order valence-corrected chi connectivity index (χ3v) is 1.91. The highest BCUT2D eigenvalue weighted by molar-refractivity contribution is 7.40. The van der Waals surface area contributed by atoms with E-state index in [1.54, 1.807) is 0 Å². The standard InChI is InChI=1S/C8H13N2O5P/c1-3-7(11)9-5-14-16(13)15-6-10-8(12)4-2/h3-4,13H,1-2,5-6H2,(H,9,11)(H,10,12). The highest BCUT2D eigenvalue weighted by atomic mass is 31.2. The Kier molecular flexibility index (Phi) is 8.28. The second-order valence-corrected chi connectivity index (χ2v) is 3.27. The molecule has 0 unspecified atom stereocenters. The highest BCUT2D eigenvalue weighted by Crippen LogP contribution is 2.31. The zero-order valence-electron chi connectivity index (χ0n) is 8.51. The van der Waals surface area contributed by atoms with Crippen LogP contribution in [0.2, 0.25) is 0 Å². The first-order valence-electron chi connectivity index (χ1n) is 4.15. The third-order valence-electron chi connectivity index (χ3n) is 1.21. The number of rotatable bonds is 8. The Bertz CT molecular complexity index is 245. The van der Waals surface area contributed by atoms with Gasteiger partial charge in [0.1, 0.15) is 13.5 Å². The van der Waals surface area contributed by atoms with E-state index in [-0.39, 0.29) is 13.5 Å². The molecule has 2 amide bonds. The molecular formula is C8H13N2O5P. The molecule has 0 aliphatic rings. The predicted molar refractivity (Wildman–Crippen MR) is 57.7 cm³/mol. The summed E-state index contributed by atoms with van der Waals surface area (Å²) >= 11 is 0. The first-order valence-corrected chi connectivity index (χ1v) is 5.28. The van der Waals surface area contributed by atoms with E-state index >= 15 is 0 Å². The van der Waals surface area contributed by atoms with Crippen molar-refractivity contribution in [2.45, 2.75) is 0 Å². The lowest BCUT2D eigenvalue weighted by atomic mass is 10.6. The molecule has 0 aromatic heterocycles. The smallest absolute Gasteiger partial charge is 0.329 e. The van der Waals surface area contributed by atoms with Crippen LogP contribution in [-0.4, -0.2) is 30.2 Å². The van der Waals surface area contributed by atoms with Gasteiger partial charge in [0, 0.05) is 0 Å². The van der Waals surface area contributed by atoms with E-state index < -0.39 is 20.4 Å². The molecule has 90 valence electrons. The average Bonchev–Trinajstić information content (AvgIpc) is 2.28. The van der Waals surface area contributed by atoms with Crippen molar-refractivity contribution in [3.63, 3.8) is 0 Å². The fourth-order valence-corrected chi connectivity index (χ4v) is 0.923. The van der Waals surface area contributed by atoms with Crippen molar-refractivity contribution in [1.29, 1.82) is 0 Å². The molecular weight excluding hydrogens is 235 g/mol. The summed E-state index contributed by atoms with van der Waals surface area (Å²) in [5, 5.41) is 4.53. The molecule has 3 N–H and O–H groups in total. The number of nitrogens with one attached hydrogen (secondary N) is 2. The summed E-state index contributed by atoms with van der Waals surface area (Å²) < 4.78 is 9.34. The fourth-order valence-electron chi connectivity index (χ4n) is 0.499. The van der Waals surface area contributed by atoms with E-state index in [4.69, 9.17) is 4.89 Å². The molecule has 0 radical (unpaired) electrons. The van der Waals surface area contributed by atoms with E-state index in [0.717, 1.165) is 12.2 Å². The second-order valence-electron chi connectivity index (χ2n) is 2.28. The minimum Gasteiger partial charge on any atom is -0.329 e. The van der Waals surface area contributed by atoms with Crippen molar-refractivity contribution < 1.29 is 23.5 Å². The number of hydrogen-bond acceptors (Lipinski definition) is 5. The molecule has 0 bridgehead atoms. The van der Waals surface area contributed by atoms with Crippen LogP contribution >= 0.6 is 8.60 Å². The summed E-state index contributed by atoms with van der Waals surface area (Å²) in [6.07, 6.45) is 2.13. The normalized spacial score (nSPS) is 9.62. The van der Waals surface area contributed by atoms with Gasteiger partial charge in [-0.2, -0.15) is 0 Å². The van der Waals surface area contributed by atoms with Crippen LogP contribution in [-0.2, 0) is 18.6 Å². The van der Waals surface area contributed by atoms with Crippen molar-refractivity contribution in [3.05, 3.63) is 25.3 Å². The summed E-state index contributed by atoms with van der Waals surface area (Å²) in [7, 11) is -2.15. The lowest BCUT2D eigenvalue weighted by Gasteiger charge is -2.10. The maximum atomic E-state index is 10.6. The zero-order chi connectivity index (χ0) is 12.4. The molecule has 0 atom stereocenters. The summed E-state index contributed by atoms with van der Waals surface area (Å²) in [4.78, 5) is 30.4. The molecule has 0 spiro atoms. The van der Waals surface area contributed by atoms with Gasteiger partial charge < -0.3 is 15.5 Å². The number of carbonyl (C=O) groups excluding carboxylic acids is 2. The van der Waals surface area contributed by atoms with E-state index in [0.29, 0.717) is 0 Å². The SMILES string of the molecule is C=CC(=O)NCOP(O)OCNC(=O)C=C. The lowest BCUT2D eigenvalue weighted by Crippen LogP contribution is -2.24. The van der Waals surface area contributed by atoms with Crippen LogP contribution in [0.25, 0.3) is 0 Å². The first-order chi connectivity index (χ1) is 7.60. The minimum absolute atomic E-state index is 0.206. The Morgan fingerprint density at radius 1 is 1.12 bits per heavy atom. The van der Waals surface area contributed by atoms with E-state index in [1.807, 2.05) is 0 Å². The first kappa shape index (κ1) is 14.7. The van der Waals surface area contributed by atoms with Gasteiger partial charge in [0.05, 0.1) is 0 Å². The molecule has 0 rings (SSSR count). The molecule has 0 aliphatic heterocycles. The van der Waals surface area contributed by atoms with Gasteiger partial charge in [-0.05, 0) is 12.2 Å². The fraction of sp³-hybridized carbons (Fsp3) is 0.250. The molecule has 0 saturated carbocycles. The van der Waals surface area contributed by atoms with Gasteiger partial charge in [-0.3, -0.25) is 18.6 Å². The summed E-state index contributed by atoms with van der Waals surface area (Å²) in [5.41, 5.74) is 0. The van der Waals surface area contributed by atoms with Gasteiger partial charge in [-0.15, -0.1) is 0 Å². The predicted octanol–water partition coefficient (Wildman–Crippen LogP) is -0.242. The summed E-state index contributed by atoms with van der Waals surface area (Å²) in [6.45, 7) is 6.04. The molecule has 0 aromatic rings. The highest BCUT2D eigenvalue weighted by Gasteiger charge is 2.06. The third kappa shape index (κ3) is 8.07. The van der Waals surface area contributed by atoms with E-state index in [9.17, 15) is 9.59 Å². The van der Waals surface area contributed by atoms with Crippen LogP contribution in [0.3, 0.4) is 0 Å². The molecule has 0 heterocycles. The number of hydrogen-bond donors (Lipinski definition) is 3. The molecule has 0 saturated heterocycles. The molecule has 16 heavy (non-hydrogen) atoms. The van der Waals surface area contributed by atoms with Gasteiger partial charge in [-0.25, -0.2) is 0 Å².